The average Bonchev–Trinajstić information content (AvgIpc) is 2.52. The number of benzene rings is 2. The fourth-order valence-corrected chi connectivity index (χ4v) is 2.35. The number of hydrogen-bond donors (Lipinski definition) is 1. The van der Waals surface area contributed by atoms with Gasteiger partial charge >= 0.3 is 0 Å². The Balaban J connectivity index is 2.08. The van der Waals surface area contributed by atoms with Gasteiger partial charge in [-0.1, -0.05) is 36.4 Å². The number of ether oxygens (including phenoxy) is 2. The number of methoxy groups -OCH3 is 1. The number of hydrogen-bond acceptors (Lipinski definition) is 3. The van der Waals surface area contributed by atoms with Crippen LogP contribution in [-0.2, 0) is 11.3 Å². The molecule has 0 aromatic heterocycles. The van der Waals surface area contributed by atoms with Crippen LogP contribution in [0.5, 0.6) is 5.75 Å². The van der Waals surface area contributed by atoms with Crippen LogP contribution in [0, 0.1) is 6.92 Å². The molecule has 21 heavy (non-hydrogen) atoms. The third-order valence-corrected chi connectivity index (χ3v) is 3.51. The van der Waals surface area contributed by atoms with Gasteiger partial charge < -0.3 is 14.8 Å². The summed E-state index contributed by atoms with van der Waals surface area (Å²) in [6.45, 7) is 3.47. The Bertz CT molecular complexity index is 569. The molecule has 2 aromatic carbocycles. The first-order chi connectivity index (χ1) is 10.2. The molecule has 0 amide bonds. The van der Waals surface area contributed by atoms with E-state index in [9.17, 15) is 0 Å². The molecule has 0 saturated heterocycles. The van der Waals surface area contributed by atoms with E-state index in [0.29, 0.717) is 6.61 Å². The van der Waals surface area contributed by atoms with Crippen molar-refractivity contribution < 1.29 is 9.47 Å². The maximum atomic E-state index is 6.12. The average molecular weight is 285 g/mol. The second kappa shape index (κ2) is 7.81. The molecule has 0 aliphatic rings. The molecular weight excluding hydrogens is 262 g/mol. The minimum absolute atomic E-state index is 0.0439. The van der Waals surface area contributed by atoms with E-state index in [1.54, 1.807) is 7.11 Å². The zero-order valence-electron chi connectivity index (χ0n) is 12.9. The third kappa shape index (κ3) is 4.31. The number of nitrogens with one attached hydrogen (secondary N) is 1. The van der Waals surface area contributed by atoms with Crippen LogP contribution in [-0.4, -0.2) is 20.7 Å². The first-order valence-electron chi connectivity index (χ1n) is 7.19. The minimum Gasteiger partial charge on any atom is -0.497 e. The summed E-state index contributed by atoms with van der Waals surface area (Å²) in [5, 5.41) is 3.20. The zero-order chi connectivity index (χ0) is 15.1. The van der Waals surface area contributed by atoms with Crippen molar-refractivity contribution in [3.05, 3.63) is 65.2 Å². The fraction of sp³-hybridized carbons (Fsp3) is 0.333. The molecule has 2 aromatic rings. The van der Waals surface area contributed by atoms with Crippen molar-refractivity contribution in [1.29, 1.82) is 0 Å². The summed E-state index contributed by atoms with van der Waals surface area (Å²) in [6, 6.07) is 16.3. The molecule has 0 fully saturated rings. The van der Waals surface area contributed by atoms with Gasteiger partial charge in [0.2, 0.25) is 0 Å². The summed E-state index contributed by atoms with van der Waals surface area (Å²) in [5.41, 5.74) is 3.60. The molecule has 2 rings (SSSR count). The number of aryl methyl sites for hydroxylation is 1. The first kappa shape index (κ1) is 15.5. The highest BCUT2D eigenvalue weighted by atomic mass is 16.5. The van der Waals surface area contributed by atoms with Crippen LogP contribution in [0.2, 0.25) is 0 Å². The third-order valence-electron chi connectivity index (χ3n) is 3.51. The van der Waals surface area contributed by atoms with Crippen molar-refractivity contribution >= 4 is 0 Å². The molecular formula is C18H23NO2. The van der Waals surface area contributed by atoms with Crippen molar-refractivity contribution in [2.75, 3.05) is 20.7 Å². The van der Waals surface area contributed by atoms with Crippen molar-refractivity contribution in [2.24, 2.45) is 0 Å². The normalized spacial score (nSPS) is 12.1. The fourth-order valence-electron chi connectivity index (χ4n) is 2.35. The van der Waals surface area contributed by atoms with Gasteiger partial charge in [-0.15, -0.1) is 0 Å². The Kier molecular flexibility index (Phi) is 5.78. The molecule has 1 atom stereocenters. The van der Waals surface area contributed by atoms with Gasteiger partial charge in [0.05, 0.1) is 19.8 Å². The van der Waals surface area contributed by atoms with E-state index < -0.39 is 0 Å². The van der Waals surface area contributed by atoms with Crippen molar-refractivity contribution in [3.8, 4) is 5.75 Å². The quantitative estimate of drug-likeness (QED) is 0.845. The van der Waals surface area contributed by atoms with Crippen molar-refractivity contribution in [3.63, 3.8) is 0 Å². The van der Waals surface area contributed by atoms with Crippen LogP contribution < -0.4 is 10.1 Å². The molecule has 0 aliphatic carbocycles. The van der Waals surface area contributed by atoms with Crippen molar-refractivity contribution in [2.45, 2.75) is 19.6 Å². The van der Waals surface area contributed by atoms with E-state index in [0.717, 1.165) is 17.9 Å². The lowest BCUT2D eigenvalue weighted by atomic mass is 10.0. The Morgan fingerprint density at radius 3 is 2.62 bits per heavy atom. The van der Waals surface area contributed by atoms with Gasteiger partial charge in [-0.2, -0.15) is 0 Å². The first-order valence-corrected chi connectivity index (χ1v) is 7.19. The summed E-state index contributed by atoms with van der Waals surface area (Å²) in [5.74, 6) is 0.858. The monoisotopic (exact) mass is 285 g/mol. The molecule has 1 N–H and O–H groups in total. The molecule has 1 unspecified atom stereocenters. The number of rotatable bonds is 7. The molecule has 0 aliphatic heterocycles. The van der Waals surface area contributed by atoms with Crippen LogP contribution in [0.1, 0.15) is 22.8 Å². The SMILES string of the molecule is CNCC(OCc1cccc(OC)c1)c1ccccc1C. The lowest BCUT2D eigenvalue weighted by Gasteiger charge is -2.20. The van der Waals surface area contributed by atoms with Gasteiger partial charge in [0.1, 0.15) is 5.75 Å². The van der Waals surface area contributed by atoms with Crippen LogP contribution in [0.4, 0.5) is 0 Å². The highest BCUT2D eigenvalue weighted by molar-refractivity contribution is 5.29. The van der Waals surface area contributed by atoms with Crippen LogP contribution in [0.15, 0.2) is 48.5 Å². The highest BCUT2D eigenvalue weighted by Crippen LogP contribution is 2.23. The van der Waals surface area contributed by atoms with Gasteiger partial charge in [0, 0.05) is 6.54 Å². The summed E-state index contributed by atoms with van der Waals surface area (Å²) in [4.78, 5) is 0. The van der Waals surface area contributed by atoms with E-state index in [4.69, 9.17) is 9.47 Å². The molecule has 0 heterocycles. The topological polar surface area (TPSA) is 30.5 Å². The van der Waals surface area contributed by atoms with Crippen LogP contribution in [0.3, 0.4) is 0 Å². The van der Waals surface area contributed by atoms with Gasteiger partial charge in [0.25, 0.3) is 0 Å². The molecule has 0 saturated carbocycles. The summed E-state index contributed by atoms with van der Waals surface area (Å²) >= 11 is 0. The predicted molar refractivity (Wildman–Crippen MR) is 85.6 cm³/mol. The van der Waals surface area contributed by atoms with E-state index in [2.05, 4.69) is 42.6 Å². The van der Waals surface area contributed by atoms with Gasteiger partial charge in [-0.25, -0.2) is 0 Å². The standard InChI is InChI=1S/C18H23NO2/c1-14-7-4-5-10-17(14)18(12-19-2)21-13-15-8-6-9-16(11-15)20-3/h4-11,18-19H,12-13H2,1-3H3. The van der Waals surface area contributed by atoms with Gasteiger partial charge in [0.15, 0.2) is 0 Å². The summed E-state index contributed by atoms with van der Waals surface area (Å²) in [6.07, 6.45) is 0.0439. The molecule has 0 radical (unpaired) electrons. The molecule has 3 heteroatoms. The van der Waals surface area contributed by atoms with Crippen LogP contribution in [0.25, 0.3) is 0 Å². The van der Waals surface area contributed by atoms with Gasteiger partial charge in [-0.05, 0) is 42.8 Å². The summed E-state index contributed by atoms with van der Waals surface area (Å²) < 4.78 is 11.4. The molecule has 0 bridgehead atoms. The van der Waals surface area contributed by atoms with Crippen LogP contribution >= 0.6 is 0 Å². The zero-order valence-corrected chi connectivity index (χ0v) is 12.9. The second-order valence-corrected chi connectivity index (χ2v) is 5.07. The van der Waals surface area contributed by atoms with E-state index >= 15 is 0 Å². The predicted octanol–water partition coefficient (Wildman–Crippen LogP) is 3.48. The smallest absolute Gasteiger partial charge is 0.119 e. The summed E-state index contributed by atoms with van der Waals surface area (Å²) in [7, 11) is 3.62. The highest BCUT2D eigenvalue weighted by Gasteiger charge is 2.13. The number of likely N-dealkylation sites (N-methyl/N-ethyl adjacent to an activating group) is 1. The molecule has 112 valence electrons. The van der Waals surface area contributed by atoms with Gasteiger partial charge in [-0.3, -0.25) is 0 Å². The maximum Gasteiger partial charge on any atom is 0.119 e. The Hall–Kier alpha value is -1.84. The van der Waals surface area contributed by atoms with E-state index in [1.165, 1.54) is 11.1 Å². The lowest BCUT2D eigenvalue weighted by Crippen LogP contribution is -2.20. The second-order valence-electron chi connectivity index (χ2n) is 5.07. The Morgan fingerprint density at radius 2 is 1.90 bits per heavy atom. The Morgan fingerprint density at radius 1 is 1.10 bits per heavy atom. The largest absolute Gasteiger partial charge is 0.497 e. The minimum atomic E-state index is 0.0439. The molecule has 0 spiro atoms. The van der Waals surface area contributed by atoms with Crippen molar-refractivity contribution in [1.82, 2.24) is 5.32 Å². The van der Waals surface area contributed by atoms with E-state index in [-0.39, 0.29) is 6.10 Å². The maximum absolute atomic E-state index is 6.12. The lowest BCUT2D eigenvalue weighted by molar-refractivity contribution is 0.0406. The van der Waals surface area contributed by atoms with E-state index in [1.807, 2.05) is 25.2 Å². The molecule has 3 nitrogen and oxygen atoms in total. The Labute approximate surface area is 126 Å².